The minimum atomic E-state index is -3.10. The van der Waals surface area contributed by atoms with E-state index in [4.69, 9.17) is 0 Å². The second-order valence-electron chi connectivity index (χ2n) is 4.84. The monoisotopic (exact) mass is 328 g/mol. The van der Waals surface area contributed by atoms with Gasteiger partial charge in [0.15, 0.2) is 0 Å². The van der Waals surface area contributed by atoms with Crippen LogP contribution in [0, 0.1) is 0 Å². The molecule has 0 spiro atoms. The lowest BCUT2D eigenvalue weighted by Gasteiger charge is -2.06. The van der Waals surface area contributed by atoms with Crippen LogP contribution in [0.5, 0.6) is 0 Å². The zero-order chi connectivity index (χ0) is 15.5. The molecule has 0 fully saturated rings. The third-order valence-electron chi connectivity index (χ3n) is 2.69. The topological polar surface area (TPSA) is 92.3 Å². The van der Waals surface area contributed by atoms with E-state index in [1.54, 1.807) is 0 Å². The lowest BCUT2D eigenvalue weighted by atomic mass is 10.2. The SMILES string of the molecule is CCCS(=O)(=O)NCCCCCCNS(=O)(=O)CCC. The Morgan fingerprint density at radius 1 is 0.650 bits per heavy atom. The zero-order valence-electron chi connectivity index (χ0n) is 12.5. The molecule has 0 aliphatic heterocycles. The van der Waals surface area contributed by atoms with E-state index in [0.29, 0.717) is 25.9 Å². The van der Waals surface area contributed by atoms with Crippen LogP contribution in [0.3, 0.4) is 0 Å². The molecule has 2 N–H and O–H groups in total. The molecule has 6 nitrogen and oxygen atoms in total. The molecular weight excluding hydrogens is 300 g/mol. The fourth-order valence-electron chi connectivity index (χ4n) is 1.74. The molecule has 0 amide bonds. The number of rotatable bonds is 13. The van der Waals surface area contributed by atoms with Gasteiger partial charge in [-0.15, -0.1) is 0 Å². The summed E-state index contributed by atoms with van der Waals surface area (Å²) in [6.07, 6.45) is 4.59. The predicted octanol–water partition coefficient (Wildman–Crippen LogP) is 1.21. The molecule has 0 unspecified atom stereocenters. The summed E-state index contributed by atoms with van der Waals surface area (Å²) in [5.74, 6) is 0.346. The van der Waals surface area contributed by atoms with E-state index in [1.165, 1.54) is 0 Å². The van der Waals surface area contributed by atoms with Gasteiger partial charge in [-0.05, 0) is 25.7 Å². The third kappa shape index (κ3) is 11.6. The molecule has 0 atom stereocenters. The number of nitrogens with one attached hydrogen (secondary N) is 2. The first-order valence-electron chi connectivity index (χ1n) is 7.27. The zero-order valence-corrected chi connectivity index (χ0v) is 14.2. The highest BCUT2D eigenvalue weighted by molar-refractivity contribution is 7.89. The van der Waals surface area contributed by atoms with Crippen LogP contribution in [-0.4, -0.2) is 41.4 Å². The Bertz CT molecular complexity index is 390. The Balaban J connectivity index is 3.51. The van der Waals surface area contributed by atoms with Crippen LogP contribution in [0.25, 0.3) is 0 Å². The van der Waals surface area contributed by atoms with Crippen molar-refractivity contribution < 1.29 is 16.8 Å². The highest BCUT2D eigenvalue weighted by Crippen LogP contribution is 2.00. The van der Waals surface area contributed by atoms with Crippen LogP contribution in [0.4, 0.5) is 0 Å². The Kier molecular flexibility index (Phi) is 10.4. The minimum Gasteiger partial charge on any atom is -0.215 e. The van der Waals surface area contributed by atoms with Gasteiger partial charge in [0, 0.05) is 13.1 Å². The van der Waals surface area contributed by atoms with Gasteiger partial charge in [-0.1, -0.05) is 26.7 Å². The van der Waals surface area contributed by atoms with Crippen LogP contribution in [0.1, 0.15) is 52.4 Å². The van der Waals surface area contributed by atoms with E-state index in [1.807, 2.05) is 13.8 Å². The van der Waals surface area contributed by atoms with Crippen molar-refractivity contribution in [3.8, 4) is 0 Å². The van der Waals surface area contributed by atoms with E-state index in [2.05, 4.69) is 9.44 Å². The fraction of sp³-hybridized carbons (Fsp3) is 1.00. The molecular formula is C12H28N2O4S2. The second kappa shape index (κ2) is 10.5. The van der Waals surface area contributed by atoms with E-state index in [-0.39, 0.29) is 11.5 Å². The summed E-state index contributed by atoms with van der Waals surface area (Å²) in [4.78, 5) is 0. The van der Waals surface area contributed by atoms with Crippen molar-refractivity contribution in [3.05, 3.63) is 0 Å². The van der Waals surface area contributed by atoms with Crippen LogP contribution in [0.15, 0.2) is 0 Å². The van der Waals surface area contributed by atoms with Gasteiger partial charge in [-0.2, -0.15) is 0 Å². The highest BCUT2D eigenvalue weighted by atomic mass is 32.2. The molecule has 122 valence electrons. The van der Waals surface area contributed by atoms with Gasteiger partial charge in [-0.3, -0.25) is 0 Å². The Morgan fingerprint density at radius 3 is 1.30 bits per heavy atom. The lowest BCUT2D eigenvalue weighted by molar-refractivity contribution is 0.561. The van der Waals surface area contributed by atoms with Crippen LogP contribution in [-0.2, 0) is 20.0 Å². The fourth-order valence-corrected chi connectivity index (χ4v) is 4.01. The van der Waals surface area contributed by atoms with E-state index < -0.39 is 20.0 Å². The van der Waals surface area contributed by atoms with Crippen molar-refractivity contribution in [2.45, 2.75) is 52.4 Å². The quantitative estimate of drug-likeness (QED) is 0.497. The summed E-state index contributed by atoms with van der Waals surface area (Å²) in [7, 11) is -6.19. The van der Waals surface area contributed by atoms with Crippen LogP contribution in [0.2, 0.25) is 0 Å². The second-order valence-corrected chi connectivity index (χ2v) is 8.69. The molecule has 8 heteroatoms. The minimum absolute atomic E-state index is 0.173. The maximum absolute atomic E-state index is 11.3. The van der Waals surface area contributed by atoms with Gasteiger partial charge in [0.05, 0.1) is 11.5 Å². The first-order chi connectivity index (χ1) is 9.33. The number of sulfonamides is 2. The van der Waals surface area contributed by atoms with Crippen molar-refractivity contribution in [1.29, 1.82) is 0 Å². The molecule has 0 aromatic heterocycles. The number of unbranched alkanes of at least 4 members (excludes halogenated alkanes) is 3. The Hall–Kier alpha value is -0.180. The summed E-state index contributed by atoms with van der Waals surface area (Å²) < 4.78 is 50.5. The molecule has 0 aliphatic carbocycles. The third-order valence-corrected chi connectivity index (χ3v) is 5.87. The van der Waals surface area contributed by atoms with Gasteiger partial charge < -0.3 is 0 Å². The highest BCUT2D eigenvalue weighted by Gasteiger charge is 2.07. The first kappa shape index (κ1) is 19.8. The molecule has 0 saturated carbocycles. The summed E-state index contributed by atoms with van der Waals surface area (Å²) in [5, 5.41) is 0. The van der Waals surface area contributed by atoms with Crippen molar-refractivity contribution in [2.24, 2.45) is 0 Å². The Labute approximate surface area is 123 Å². The molecule has 0 aromatic carbocycles. The number of hydrogen-bond donors (Lipinski definition) is 2. The molecule has 0 heterocycles. The van der Waals surface area contributed by atoms with Crippen LogP contribution >= 0.6 is 0 Å². The summed E-state index contributed by atoms with van der Waals surface area (Å²) in [5.41, 5.74) is 0. The molecule has 0 aliphatic rings. The van der Waals surface area contributed by atoms with E-state index >= 15 is 0 Å². The predicted molar refractivity (Wildman–Crippen MR) is 82.6 cm³/mol. The Morgan fingerprint density at radius 2 is 1.00 bits per heavy atom. The van der Waals surface area contributed by atoms with Gasteiger partial charge in [0.1, 0.15) is 0 Å². The molecule has 0 saturated heterocycles. The van der Waals surface area contributed by atoms with Crippen molar-refractivity contribution in [2.75, 3.05) is 24.6 Å². The van der Waals surface area contributed by atoms with Crippen LogP contribution < -0.4 is 9.44 Å². The molecule has 0 radical (unpaired) electrons. The normalized spacial score (nSPS) is 12.7. The average molecular weight is 329 g/mol. The maximum atomic E-state index is 11.3. The van der Waals surface area contributed by atoms with E-state index in [0.717, 1.165) is 25.7 Å². The lowest BCUT2D eigenvalue weighted by Crippen LogP contribution is -2.27. The van der Waals surface area contributed by atoms with Gasteiger partial charge >= 0.3 is 0 Å². The molecule has 0 rings (SSSR count). The largest absolute Gasteiger partial charge is 0.215 e. The molecule has 20 heavy (non-hydrogen) atoms. The average Bonchev–Trinajstić information content (AvgIpc) is 2.32. The van der Waals surface area contributed by atoms with Gasteiger partial charge in [0.2, 0.25) is 20.0 Å². The molecule has 0 aromatic rings. The molecule has 0 bridgehead atoms. The first-order valence-corrected chi connectivity index (χ1v) is 10.6. The van der Waals surface area contributed by atoms with Gasteiger partial charge in [-0.25, -0.2) is 26.3 Å². The van der Waals surface area contributed by atoms with Crippen molar-refractivity contribution in [1.82, 2.24) is 9.44 Å². The van der Waals surface area contributed by atoms with Crippen molar-refractivity contribution >= 4 is 20.0 Å². The summed E-state index contributed by atoms with van der Waals surface area (Å²) >= 11 is 0. The van der Waals surface area contributed by atoms with Gasteiger partial charge in [0.25, 0.3) is 0 Å². The summed E-state index contributed by atoms with van der Waals surface area (Å²) in [6.45, 7) is 4.59. The standard InChI is InChI=1S/C12H28N2O4S2/c1-3-11-19(15,16)13-9-7-5-6-8-10-14-20(17,18)12-4-2/h13-14H,3-12H2,1-2H3. The number of hydrogen-bond acceptors (Lipinski definition) is 4. The maximum Gasteiger partial charge on any atom is 0.211 e. The van der Waals surface area contributed by atoms with Crippen molar-refractivity contribution in [3.63, 3.8) is 0 Å². The van der Waals surface area contributed by atoms with E-state index in [9.17, 15) is 16.8 Å². The summed E-state index contributed by atoms with van der Waals surface area (Å²) in [6, 6.07) is 0. The smallest absolute Gasteiger partial charge is 0.211 e.